The average Bonchev–Trinajstić information content (AvgIpc) is 3.01. The van der Waals surface area contributed by atoms with Gasteiger partial charge in [-0.3, -0.25) is 4.79 Å². The predicted molar refractivity (Wildman–Crippen MR) is 87.6 cm³/mol. The van der Waals surface area contributed by atoms with Gasteiger partial charge in [-0.1, -0.05) is 30.3 Å². The first-order chi connectivity index (χ1) is 10.7. The van der Waals surface area contributed by atoms with Crippen LogP contribution in [0.25, 0.3) is 10.8 Å². The number of ether oxygens (including phenoxy) is 1. The number of fused-ring (bicyclic) bond motifs is 1. The van der Waals surface area contributed by atoms with Gasteiger partial charge in [0.2, 0.25) is 0 Å². The van der Waals surface area contributed by atoms with Gasteiger partial charge in [0.15, 0.2) is 0 Å². The van der Waals surface area contributed by atoms with Crippen molar-refractivity contribution in [1.82, 2.24) is 0 Å². The van der Waals surface area contributed by atoms with E-state index in [-0.39, 0.29) is 5.91 Å². The largest absolute Gasteiger partial charge is 0.465 e. The molecular weight excluding hydrogens is 298 g/mol. The van der Waals surface area contributed by atoms with E-state index in [1.165, 1.54) is 18.4 Å². The molecule has 0 aliphatic carbocycles. The maximum absolute atomic E-state index is 12.4. The number of thiophene rings is 1. The van der Waals surface area contributed by atoms with Gasteiger partial charge in [-0.15, -0.1) is 11.3 Å². The lowest BCUT2D eigenvalue weighted by Crippen LogP contribution is -2.13. The standard InChI is InChI=1S/C17H13NO3S/c1-21-17(20)14-8-9-22-16(14)18-15(19)13-7-6-11-4-2-3-5-12(11)10-13/h2-10H,1H3,(H,18,19). The third-order valence-electron chi connectivity index (χ3n) is 3.31. The Morgan fingerprint density at radius 1 is 1.05 bits per heavy atom. The number of carbonyl (C=O) groups is 2. The lowest BCUT2D eigenvalue weighted by atomic mass is 10.1. The van der Waals surface area contributed by atoms with E-state index >= 15 is 0 Å². The zero-order valence-electron chi connectivity index (χ0n) is 11.8. The lowest BCUT2D eigenvalue weighted by molar-refractivity contribution is 0.0602. The van der Waals surface area contributed by atoms with Gasteiger partial charge in [-0.25, -0.2) is 4.79 Å². The van der Waals surface area contributed by atoms with E-state index in [4.69, 9.17) is 4.74 Å². The second-order valence-corrected chi connectivity index (χ2v) is 5.59. The number of rotatable bonds is 3. The number of methoxy groups -OCH3 is 1. The van der Waals surface area contributed by atoms with E-state index in [1.54, 1.807) is 17.5 Å². The average molecular weight is 311 g/mol. The fraction of sp³-hybridized carbons (Fsp3) is 0.0588. The molecule has 0 aliphatic heterocycles. The summed E-state index contributed by atoms with van der Waals surface area (Å²) in [5.74, 6) is -0.714. The molecule has 0 bridgehead atoms. The van der Waals surface area contributed by atoms with E-state index < -0.39 is 5.97 Å². The van der Waals surface area contributed by atoms with E-state index in [1.807, 2.05) is 36.4 Å². The van der Waals surface area contributed by atoms with Crippen LogP contribution in [0.15, 0.2) is 53.9 Å². The van der Waals surface area contributed by atoms with Crippen molar-refractivity contribution >= 4 is 39.0 Å². The molecule has 0 radical (unpaired) electrons. The number of nitrogens with one attached hydrogen (secondary N) is 1. The zero-order chi connectivity index (χ0) is 15.5. The maximum atomic E-state index is 12.4. The van der Waals surface area contributed by atoms with Crippen molar-refractivity contribution in [3.63, 3.8) is 0 Å². The zero-order valence-corrected chi connectivity index (χ0v) is 12.6. The lowest BCUT2D eigenvalue weighted by Gasteiger charge is -2.06. The van der Waals surface area contributed by atoms with Gasteiger partial charge in [0, 0.05) is 5.56 Å². The summed E-state index contributed by atoms with van der Waals surface area (Å²) in [5.41, 5.74) is 0.907. The van der Waals surface area contributed by atoms with Gasteiger partial charge in [-0.2, -0.15) is 0 Å². The Hall–Kier alpha value is -2.66. The third-order valence-corrected chi connectivity index (χ3v) is 4.14. The smallest absolute Gasteiger partial charge is 0.340 e. The van der Waals surface area contributed by atoms with E-state index in [0.29, 0.717) is 16.1 Å². The van der Waals surface area contributed by atoms with Gasteiger partial charge in [0.25, 0.3) is 5.91 Å². The molecule has 4 nitrogen and oxygen atoms in total. The number of esters is 1. The van der Waals surface area contributed by atoms with Crippen molar-refractivity contribution in [3.05, 3.63) is 65.0 Å². The first-order valence-corrected chi connectivity index (χ1v) is 7.53. The fourth-order valence-corrected chi connectivity index (χ4v) is 2.95. The monoisotopic (exact) mass is 311 g/mol. The molecule has 3 rings (SSSR count). The van der Waals surface area contributed by atoms with Crippen LogP contribution in [0, 0.1) is 0 Å². The molecule has 0 aliphatic rings. The highest BCUT2D eigenvalue weighted by Gasteiger charge is 2.16. The Morgan fingerprint density at radius 2 is 1.82 bits per heavy atom. The molecular formula is C17H13NO3S. The van der Waals surface area contributed by atoms with Crippen LogP contribution in [0.3, 0.4) is 0 Å². The van der Waals surface area contributed by atoms with Crippen LogP contribution in [0.1, 0.15) is 20.7 Å². The highest BCUT2D eigenvalue weighted by molar-refractivity contribution is 7.14. The minimum absolute atomic E-state index is 0.252. The van der Waals surface area contributed by atoms with Gasteiger partial charge < -0.3 is 10.1 Å². The van der Waals surface area contributed by atoms with Crippen molar-refractivity contribution in [2.45, 2.75) is 0 Å². The van der Waals surface area contributed by atoms with Gasteiger partial charge in [-0.05, 0) is 34.4 Å². The minimum Gasteiger partial charge on any atom is -0.465 e. The molecule has 1 aromatic heterocycles. The first-order valence-electron chi connectivity index (χ1n) is 6.65. The van der Waals surface area contributed by atoms with Crippen molar-refractivity contribution in [1.29, 1.82) is 0 Å². The predicted octanol–water partition coefficient (Wildman–Crippen LogP) is 3.94. The number of benzene rings is 2. The van der Waals surface area contributed by atoms with Crippen LogP contribution >= 0.6 is 11.3 Å². The van der Waals surface area contributed by atoms with Gasteiger partial charge in [0.05, 0.1) is 12.7 Å². The molecule has 1 N–H and O–H groups in total. The fourth-order valence-electron chi connectivity index (χ4n) is 2.18. The molecule has 3 aromatic rings. The summed E-state index contributed by atoms with van der Waals surface area (Å²) >= 11 is 1.29. The topological polar surface area (TPSA) is 55.4 Å². The van der Waals surface area contributed by atoms with E-state index in [0.717, 1.165) is 10.8 Å². The minimum atomic E-state index is -0.463. The van der Waals surface area contributed by atoms with E-state index in [9.17, 15) is 9.59 Å². The molecule has 22 heavy (non-hydrogen) atoms. The van der Waals surface area contributed by atoms with Crippen molar-refractivity contribution < 1.29 is 14.3 Å². The third kappa shape index (κ3) is 2.71. The summed E-state index contributed by atoms with van der Waals surface area (Å²) in [6.45, 7) is 0. The van der Waals surface area contributed by atoms with Crippen molar-refractivity contribution in [2.24, 2.45) is 0 Å². The highest BCUT2D eigenvalue weighted by Crippen LogP contribution is 2.25. The normalized spacial score (nSPS) is 10.4. The molecule has 110 valence electrons. The maximum Gasteiger partial charge on any atom is 0.340 e. The molecule has 1 amide bonds. The quantitative estimate of drug-likeness (QED) is 0.745. The first kappa shape index (κ1) is 14.3. The summed E-state index contributed by atoms with van der Waals surface area (Å²) in [6.07, 6.45) is 0. The Kier molecular flexibility index (Phi) is 3.89. The molecule has 0 fully saturated rings. The molecule has 0 atom stereocenters. The SMILES string of the molecule is COC(=O)c1ccsc1NC(=O)c1ccc2ccccc2c1. The summed E-state index contributed by atoms with van der Waals surface area (Å²) < 4.78 is 4.70. The molecule has 0 saturated carbocycles. The number of anilines is 1. The van der Waals surface area contributed by atoms with Gasteiger partial charge >= 0.3 is 5.97 Å². The van der Waals surface area contributed by atoms with Crippen LogP contribution in [-0.2, 0) is 4.74 Å². The van der Waals surface area contributed by atoms with Crippen LogP contribution in [0.4, 0.5) is 5.00 Å². The summed E-state index contributed by atoms with van der Waals surface area (Å²) in [4.78, 5) is 24.0. The van der Waals surface area contributed by atoms with Crippen molar-refractivity contribution in [3.8, 4) is 0 Å². The van der Waals surface area contributed by atoms with Gasteiger partial charge in [0.1, 0.15) is 5.00 Å². The Bertz CT molecular complexity index is 854. The second-order valence-electron chi connectivity index (χ2n) is 4.67. The van der Waals surface area contributed by atoms with Crippen LogP contribution in [0.5, 0.6) is 0 Å². The highest BCUT2D eigenvalue weighted by atomic mass is 32.1. The molecule has 1 heterocycles. The number of amides is 1. The Morgan fingerprint density at radius 3 is 2.59 bits per heavy atom. The molecule has 2 aromatic carbocycles. The Labute approximate surface area is 131 Å². The number of hydrogen-bond acceptors (Lipinski definition) is 4. The summed E-state index contributed by atoms with van der Waals surface area (Å²) in [6, 6.07) is 15.0. The number of carbonyl (C=O) groups excluding carboxylic acids is 2. The second kappa shape index (κ2) is 5.99. The van der Waals surface area contributed by atoms with E-state index in [2.05, 4.69) is 5.32 Å². The molecule has 5 heteroatoms. The number of hydrogen-bond donors (Lipinski definition) is 1. The summed E-state index contributed by atoms with van der Waals surface area (Å²) in [5, 5.41) is 7.06. The van der Waals surface area contributed by atoms with Crippen molar-refractivity contribution in [2.75, 3.05) is 12.4 Å². The van der Waals surface area contributed by atoms with Crippen LogP contribution < -0.4 is 5.32 Å². The molecule has 0 saturated heterocycles. The molecule has 0 spiro atoms. The summed E-state index contributed by atoms with van der Waals surface area (Å²) in [7, 11) is 1.31. The molecule has 0 unspecified atom stereocenters. The van der Waals surface area contributed by atoms with Crippen LogP contribution in [-0.4, -0.2) is 19.0 Å². The van der Waals surface area contributed by atoms with Crippen LogP contribution in [0.2, 0.25) is 0 Å². The Balaban J connectivity index is 1.87.